The molecule has 14 heavy (non-hydrogen) atoms. The molecule has 0 saturated heterocycles. The molecule has 1 saturated carbocycles. The van der Waals surface area contributed by atoms with Gasteiger partial charge in [-0.1, -0.05) is 18.2 Å². The summed E-state index contributed by atoms with van der Waals surface area (Å²) in [4.78, 5) is 11.1. The summed E-state index contributed by atoms with van der Waals surface area (Å²) in [6.07, 6.45) is 1.05. The number of hydrogen-bond acceptors (Lipinski definition) is 1. The molecule has 74 valence electrons. The van der Waals surface area contributed by atoms with Crippen LogP contribution in [0.5, 0.6) is 0 Å². The van der Waals surface area contributed by atoms with Crippen LogP contribution in [-0.2, 0) is 4.79 Å². The van der Waals surface area contributed by atoms with Crippen molar-refractivity contribution in [3.05, 3.63) is 34.9 Å². The summed E-state index contributed by atoms with van der Waals surface area (Å²) >= 11 is 0. The fourth-order valence-electron chi connectivity index (χ4n) is 2.01. The minimum absolute atomic E-state index is 0.303. The number of ketones is 1. The Bertz CT molecular complexity index is 379. The third-order valence-corrected chi connectivity index (χ3v) is 3.27. The number of benzene rings is 1. The first-order chi connectivity index (χ1) is 6.59. The lowest BCUT2D eigenvalue weighted by Crippen LogP contribution is -1.95. The number of aryl methyl sites for hydroxylation is 2. The Hall–Kier alpha value is -1.11. The summed E-state index contributed by atoms with van der Waals surface area (Å²) in [5.41, 5.74) is 4.00. The largest absolute Gasteiger partial charge is 0.300 e. The van der Waals surface area contributed by atoms with E-state index in [0.29, 0.717) is 17.6 Å². The Labute approximate surface area is 85.1 Å². The second kappa shape index (κ2) is 3.23. The molecule has 0 unspecified atom stereocenters. The highest BCUT2D eigenvalue weighted by Crippen LogP contribution is 2.48. The Morgan fingerprint density at radius 1 is 1.29 bits per heavy atom. The first kappa shape index (κ1) is 9.45. The van der Waals surface area contributed by atoms with Crippen molar-refractivity contribution in [3.8, 4) is 0 Å². The van der Waals surface area contributed by atoms with Crippen molar-refractivity contribution in [1.82, 2.24) is 0 Å². The van der Waals surface area contributed by atoms with Gasteiger partial charge < -0.3 is 0 Å². The number of carbonyl (C=O) groups excluding carboxylic acids is 1. The van der Waals surface area contributed by atoms with Gasteiger partial charge in [0.15, 0.2) is 0 Å². The zero-order valence-corrected chi connectivity index (χ0v) is 9.00. The lowest BCUT2D eigenvalue weighted by molar-refractivity contribution is -0.118. The summed E-state index contributed by atoms with van der Waals surface area (Å²) in [5.74, 6) is 1.15. The Balaban J connectivity index is 2.20. The van der Waals surface area contributed by atoms with Crippen LogP contribution in [0.15, 0.2) is 18.2 Å². The summed E-state index contributed by atoms with van der Waals surface area (Å²) in [6.45, 7) is 5.95. The molecule has 0 bridgehead atoms. The highest BCUT2D eigenvalue weighted by molar-refractivity contribution is 5.82. The van der Waals surface area contributed by atoms with E-state index in [9.17, 15) is 4.79 Å². The minimum atomic E-state index is 0.303. The number of carbonyl (C=O) groups is 1. The molecular weight excluding hydrogens is 172 g/mol. The van der Waals surface area contributed by atoms with Crippen molar-refractivity contribution in [1.29, 1.82) is 0 Å². The molecule has 1 aromatic rings. The van der Waals surface area contributed by atoms with Gasteiger partial charge in [-0.3, -0.25) is 4.79 Å². The molecule has 1 aliphatic rings. The third kappa shape index (κ3) is 1.59. The number of hydrogen-bond donors (Lipinski definition) is 0. The third-order valence-electron chi connectivity index (χ3n) is 3.27. The SMILES string of the molecule is CC(=O)[C@H]1C[C@H]1c1ccc(C)c(C)c1. The van der Waals surface area contributed by atoms with Crippen LogP contribution in [0.1, 0.15) is 36.0 Å². The maximum Gasteiger partial charge on any atom is 0.133 e. The van der Waals surface area contributed by atoms with Gasteiger partial charge in [0.05, 0.1) is 0 Å². The van der Waals surface area contributed by atoms with Gasteiger partial charge in [0.2, 0.25) is 0 Å². The Kier molecular flexibility index (Phi) is 2.18. The molecule has 0 radical (unpaired) electrons. The van der Waals surface area contributed by atoms with E-state index in [-0.39, 0.29) is 0 Å². The molecule has 2 rings (SSSR count). The van der Waals surface area contributed by atoms with Gasteiger partial charge >= 0.3 is 0 Å². The Morgan fingerprint density at radius 2 is 2.00 bits per heavy atom. The van der Waals surface area contributed by atoms with Gasteiger partial charge in [-0.15, -0.1) is 0 Å². The highest BCUT2D eigenvalue weighted by atomic mass is 16.1. The van der Waals surface area contributed by atoms with Crippen molar-refractivity contribution < 1.29 is 4.79 Å². The van der Waals surface area contributed by atoms with E-state index >= 15 is 0 Å². The molecule has 0 heterocycles. The van der Waals surface area contributed by atoms with Crippen LogP contribution in [0.25, 0.3) is 0 Å². The van der Waals surface area contributed by atoms with Crippen molar-refractivity contribution in [2.24, 2.45) is 5.92 Å². The minimum Gasteiger partial charge on any atom is -0.300 e. The number of rotatable bonds is 2. The van der Waals surface area contributed by atoms with E-state index in [0.717, 1.165) is 6.42 Å². The van der Waals surface area contributed by atoms with Crippen molar-refractivity contribution in [2.45, 2.75) is 33.1 Å². The lowest BCUT2D eigenvalue weighted by atomic mass is 10.0. The summed E-state index contributed by atoms with van der Waals surface area (Å²) in [6, 6.07) is 6.54. The molecular formula is C13H16O. The molecule has 0 spiro atoms. The van der Waals surface area contributed by atoms with Crippen LogP contribution in [-0.4, -0.2) is 5.78 Å². The van der Waals surface area contributed by atoms with Crippen LogP contribution in [0, 0.1) is 19.8 Å². The van der Waals surface area contributed by atoms with E-state index in [1.54, 1.807) is 6.92 Å². The average Bonchev–Trinajstić information content (AvgIpc) is 2.89. The lowest BCUT2D eigenvalue weighted by Gasteiger charge is -2.03. The molecule has 0 aromatic heterocycles. The summed E-state index contributed by atoms with van der Waals surface area (Å²) in [7, 11) is 0. The number of Topliss-reactive ketones (excluding diaryl/α,β-unsaturated/α-hetero) is 1. The molecule has 0 aliphatic heterocycles. The molecule has 1 fully saturated rings. The van der Waals surface area contributed by atoms with Crippen LogP contribution in [0.4, 0.5) is 0 Å². The normalized spacial score (nSPS) is 24.8. The van der Waals surface area contributed by atoms with Gasteiger partial charge in [0.1, 0.15) is 5.78 Å². The molecule has 1 heteroatoms. The smallest absolute Gasteiger partial charge is 0.133 e. The van der Waals surface area contributed by atoms with Crippen LogP contribution < -0.4 is 0 Å². The van der Waals surface area contributed by atoms with Gasteiger partial charge in [-0.05, 0) is 49.8 Å². The predicted octanol–water partition coefficient (Wildman–Crippen LogP) is 3.00. The summed E-state index contributed by atoms with van der Waals surface area (Å²) < 4.78 is 0. The first-order valence-electron chi connectivity index (χ1n) is 5.17. The van der Waals surface area contributed by atoms with Gasteiger partial charge in [-0.2, -0.15) is 0 Å². The van der Waals surface area contributed by atoms with Crippen molar-refractivity contribution >= 4 is 5.78 Å². The first-order valence-corrected chi connectivity index (χ1v) is 5.17. The maximum atomic E-state index is 11.1. The second-order valence-corrected chi connectivity index (χ2v) is 4.40. The van der Waals surface area contributed by atoms with E-state index in [1.165, 1.54) is 16.7 Å². The maximum absolute atomic E-state index is 11.1. The fraction of sp³-hybridized carbons (Fsp3) is 0.462. The second-order valence-electron chi connectivity index (χ2n) is 4.40. The highest BCUT2D eigenvalue weighted by Gasteiger charge is 2.41. The standard InChI is InChI=1S/C13H16O/c1-8-4-5-11(6-9(8)2)13-7-12(13)10(3)14/h4-6,12-13H,7H2,1-3H3/t12-,13+/m1/s1. The van der Waals surface area contributed by atoms with E-state index in [1.807, 2.05) is 0 Å². The van der Waals surface area contributed by atoms with E-state index in [2.05, 4.69) is 32.0 Å². The molecule has 1 aromatic carbocycles. The zero-order valence-electron chi connectivity index (χ0n) is 9.00. The molecule has 0 amide bonds. The molecule has 1 nitrogen and oxygen atoms in total. The van der Waals surface area contributed by atoms with Crippen molar-refractivity contribution in [2.75, 3.05) is 0 Å². The molecule has 1 aliphatic carbocycles. The van der Waals surface area contributed by atoms with Crippen LogP contribution >= 0.6 is 0 Å². The fourth-order valence-corrected chi connectivity index (χ4v) is 2.01. The van der Waals surface area contributed by atoms with E-state index < -0.39 is 0 Å². The quantitative estimate of drug-likeness (QED) is 0.697. The average molecular weight is 188 g/mol. The van der Waals surface area contributed by atoms with Crippen molar-refractivity contribution in [3.63, 3.8) is 0 Å². The van der Waals surface area contributed by atoms with Gasteiger partial charge in [0, 0.05) is 5.92 Å². The van der Waals surface area contributed by atoms with Gasteiger partial charge in [-0.25, -0.2) is 0 Å². The summed E-state index contributed by atoms with van der Waals surface area (Å²) in [5, 5.41) is 0. The predicted molar refractivity (Wildman–Crippen MR) is 57.4 cm³/mol. The molecule has 2 atom stereocenters. The van der Waals surface area contributed by atoms with Crippen LogP contribution in [0.2, 0.25) is 0 Å². The Morgan fingerprint density at radius 3 is 2.50 bits per heavy atom. The monoisotopic (exact) mass is 188 g/mol. The van der Waals surface area contributed by atoms with Crippen LogP contribution in [0.3, 0.4) is 0 Å². The molecule has 0 N–H and O–H groups in total. The topological polar surface area (TPSA) is 17.1 Å². The van der Waals surface area contributed by atoms with E-state index in [4.69, 9.17) is 0 Å². The van der Waals surface area contributed by atoms with Gasteiger partial charge in [0.25, 0.3) is 0 Å². The zero-order chi connectivity index (χ0) is 10.3.